The summed E-state index contributed by atoms with van der Waals surface area (Å²) in [6.07, 6.45) is 3.89. The zero-order valence-electron chi connectivity index (χ0n) is 14.2. The fraction of sp³-hybridized carbons (Fsp3) is 0.333. The van der Waals surface area contributed by atoms with Gasteiger partial charge in [0.15, 0.2) is 0 Å². The first-order valence-electron chi connectivity index (χ1n) is 8.78. The Labute approximate surface area is 147 Å². The highest BCUT2D eigenvalue weighted by atomic mass is 16.4. The van der Waals surface area contributed by atoms with Crippen LogP contribution in [0.4, 0.5) is 5.69 Å². The van der Waals surface area contributed by atoms with Gasteiger partial charge in [0.05, 0.1) is 6.42 Å². The van der Waals surface area contributed by atoms with Gasteiger partial charge in [0.2, 0.25) is 5.91 Å². The molecule has 0 bridgehead atoms. The van der Waals surface area contributed by atoms with Gasteiger partial charge in [-0.2, -0.15) is 0 Å². The van der Waals surface area contributed by atoms with Crippen LogP contribution in [0.25, 0.3) is 0 Å². The fourth-order valence-corrected chi connectivity index (χ4v) is 3.54. The molecule has 0 saturated heterocycles. The first-order valence-corrected chi connectivity index (χ1v) is 8.78. The lowest BCUT2D eigenvalue weighted by molar-refractivity contribution is -0.136. The fourth-order valence-electron chi connectivity index (χ4n) is 3.54. The highest BCUT2D eigenvalue weighted by Crippen LogP contribution is 2.36. The van der Waals surface area contributed by atoms with Crippen LogP contribution in [0.5, 0.6) is 0 Å². The van der Waals surface area contributed by atoms with E-state index in [0.29, 0.717) is 5.92 Å². The maximum Gasteiger partial charge on any atom is 0.307 e. The number of rotatable bonds is 5. The van der Waals surface area contributed by atoms with Crippen LogP contribution in [0.3, 0.4) is 0 Å². The molecule has 2 aromatic rings. The van der Waals surface area contributed by atoms with Crippen molar-refractivity contribution in [2.24, 2.45) is 5.92 Å². The van der Waals surface area contributed by atoms with Crippen molar-refractivity contribution in [2.75, 3.05) is 5.32 Å². The van der Waals surface area contributed by atoms with Gasteiger partial charge >= 0.3 is 5.97 Å². The molecule has 0 unspecified atom stereocenters. The molecule has 0 aromatic heterocycles. The Kier molecular flexibility index (Phi) is 5.49. The van der Waals surface area contributed by atoms with Crippen LogP contribution in [-0.4, -0.2) is 17.0 Å². The molecule has 0 atom stereocenters. The Bertz CT molecular complexity index is 717. The third-order valence-electron chi connectivity index (χ3n) is 4.95. The van der Waals surface area contributed by atoms with Gasteiger partial charge < -0.3 is 10.4 Å². The van der Waals surface area contributed by atoms with Crippen molar-refractivity contribution in [1.29, 1.82) is 0 Å². The van der Waals surface area contributed by atoms with Gasteiger partial charge in [-0.25, -0.2) is 0 Å². The lowest BCUT2D eigenvalue weighted by atomic mass is 9.78. The normalized spacial score (nSPS) is 20.0. The summed E-state index contributed by atoms with van der Waals surface area (Å²) >= 11 is 0. The summed E-state index contributed by atoms with van der Waals surface area (Å²) in [4.78, 5) is 23.2. The van der Waals surface area contributed by atoms with E-state index in [2.05, 4.69) is 29.6 Å². The summed E-state index contributed by atoms with van der Waals surface area (Å²) in [7, 11) is 0. The molecular weight excluding hydrogens is 314 g/mol. The van der Waals surface area contributed by atoms with E-state index in [1.54, 1.807) is 24.3 Å². The molecular formula is C21H23NO3. The summed E-state index contributed by atoms with van der Waals surface area (Å²) in [5, 5.41) is 11.7. The smallest absolute Gasteiger partial charge is 0.307 e. The molecule has 0 aliphatic heterocycles. The minimum Gasteiger partial charge on any atom is -0.481 e. The standard InChI is InChI=1S/C21H23NO3/c23-20(24)14-15-6-12-19(13-7-15)22-21(25)18-10-8-17(9-11-18)16-4-2-1-3-5-16/h1-7,12-13,17-18H,8-11,14H2,(H,22,25)(H,23,24). The quantitative estimate of drug-likeness (QED) is 0.858. The van der Waals surface area contributed by atoms with E-state index in [0.717, 1.165) is 36.9 Å². The Morgan fingerprint density at radius 2 is 1.56 bits per heavy atom. The Hall–Kier alpha value is -2.62. The number of amides is 1. The number of aliphatic carboxylic acids is 1. The third kappa shape index (κ3) is 4.69. The van der Waals surface area contributed by atoms with Crippen LogP contribution < -0.4 is 5.32 Å². The molecule has 2 aromatic carbocycles. The summed E-state index contributed by atoms with van der Waals surface area (Å²) in [6, 6.07) is 17.5. The van der Waals surface area contributed by atoms with Gasteiger partial charge in [-0.15, -0.1) is 0 Å². The van der Waals surface area contributed by atoms with E-state index in [-0.39, 0.29) is 18.2 Å². The van der Waals surface area contributed by atoms with Gasteiger partial charge in [0, 0.05) is 11.6 Å². The molecule has 1 aliphatic rings. The first kappa shape index (κ1) is 17.2. The van der Waals surface area contributed by atoms with Crippen LogP contribution in [0.15, 0.2) is 54.6 Å². The number of anilines is 1. The number of carboxylic acids is 1. The maximum absolute atomic E-state index is 12.5. The first-order chi connectivity index (χ1) is 12.1. The summed E-state index contributed by atoms with van der Waals surface area (Å²) in [6.45, 7) is 0. The van der Waals surface area contributed by atoms with E-state index in [9.17, 15) is 9.59 Å². The second-order valence-corrected chi connectivity index (χ2v) is 6.72. The molecule has 130 valence electrons. The van der Waals surface area contributed by atoms with E-state index >= 15 is 0 Å². The van der Waals surface area contributed by atoms with E-state index < -0.39 is 5.97 Å². The van der Waals surface area contributed by atoms with Gasteiger partial charge in [-0.3, -0.25) is 9.59 Å². The Balaban J connectivity index is 1.52. The van der Waals surface area contributed by atoms with E-state index in [1.807, 2.05) is 6.07 Å². The Morgan fingerprint density at radius 3 is 2.16 bits per heavy atom. The minimum absolute atomic E-state index is 0.00226. The molecule has 1 amide bonds. The molecule has 1 saturated carbocycles. The predicted octanol–water partition coefficient (Wildman–Crippen LogP) is 4.23. The number of hydrogen-bond donors (Lipinski definition) is 2. The number of carboxylic acid groups (broad SMARTS) is 1. The van der Waals surface area contributed by atoms with E-state index in [4.69, 9.17) is 5.11 Å². The van der Waals surface area contributed by atoms with Crippen molar-refractivity contribution < 1.29 is 14.7 Å². The molecule has 0 spiro atoms. The van der Waals surface area contributed by atoms with Crippen LogP contribution in [0.2, 0.25) is 0 Å². The van der Waals surface area contributed by atoms with Crippen LogP contribution >= 0.6 is 0 Å². The number of hydrogen-bond acceptors (Lipinski definition) is 2. The zero-order chi connectivity index (χ0) is 17.6. The summed E-state index contributed by atoms with van der Waals surface area (Å²) < 4.78 is 0. The summed E-state index contributed by atoms with van der Waals surface area (Å²) in [5.41, 5.74) is 2.83. The second-order valence-electron chi connectivity index (χ2n) is 6.72. The van der Waals surface area contributed by atoms with Crippen molar-refractivity contribution in [2.45, 2.75) is 38.0 Å². The van der Waals surface area contributed by atoms with Crippen LogP contribution in [0, 0.1) is 5.92 Å². The molecule has 4 nitrogen and oxygen atoms in total. The van der Waals surface area contributed by atoms with Gasteiger partial charge in [0.25, 0.3) is 0 Å². The van der Waals surface area contributed by atoms with Gasteiger partial charge in [-0.1, -0.05) is 42.5 Å². The highest BCUT2D eigenvalue weighted by molar-refractivity contribution is 5.92. The predicted molar refractivity (Wildman–Crippen MR) is 97.6 cm³/mol. The lowest BCUT2D eigenvalue weighted by Gasteiger charge is -2.28. The highest BCUT2D eigenvalue weighted by Gasteiger charge is 2.27. The molecule has 0 radical (unpaired) electrons. The van der Waals surface area contributed by atoms with E-state index in [1.165, 1.54) is 5.56 Å². The number of benzene rings is 2. The topological polar surface area (TPSA) is 66.4 Å². The molecule has 2 N–H and O–H groups in total. The maximum atomic E-state index is 12.5. The van der Waals surface area contributed by atoms with Crippen LogP contribution in [-0.2, 0) is 16.0 Å². The van der Waals surface area contributed by atoms with Crippen molar-refractivity contribution in [1.82, 2.24) is 0 Å². The van der Waals surface area contributed by atoms with Gasteiger partial charge in [-0.05, 0) is 54.9 Å². The number of carbonyl (C=O) groups excluding carboxylic acids is 1. The molecule has 1 aliphatic carbocycles. The Morgan fingerprint density at radius 1 is 0.920 bits per heavy atom. The summed E-state index contributed by atoms with van der Waals surface area (Å²) in [5.74, 6) is -0.177. The number of nitrogens with one attached hydrogen (secondary N) is 1. The molecule has 25 heavy (non-hydrogen) atoms. The van der Waals surface area contributed by atoms with Crippen LogP contribution in [0.1, 0.15) is 42.7 Å². The van der Waals surface area contributed by atoms with Crippen molar-refractivity contribution in [3.63, 3.8) is 0 Å². The molecule has 3 rings (SSSR count). The average Bonchev–Trinajstić information content (AvgIpc) is 2.64. The zero-order valence-corrected chi connectivity index (χ0v) is 14.2. The second kappa shape index (κ2) is 7.97. The van der Waals surface area contributed by atoms with Gasteiger partial charge in [0.1, 0.15) is 0 Å². The lowest BCUT2D eigenvalue weighted by Crippen LogP contribution is -2.26. The third-order valence-corrected chi connectivity index (χ3v) is 4.95. The molecule has 4 heteroatoms. The monoisotopic (exact) mass is 337 g/mol. The van der Waals surface area contributed by atoms with Crippen molar-refractivity contribution in [3.05, 3.63) is 65.7 Å². The molecule has 0 heterocycles. The average molecular weight is 337 g/mol. The number of carbonyl (C=O) groups is 2. The van der Waals surface area contributed by atoms with Crippen molar-refractivity contribution >= 4 is 17.6 Å². The largest absolute Gasteiger partial charge is 0.481 e. The van der Waals surface area contributed by atoms with Crippen molar-refractivity contribution in [3.8, 4) is 0 Å². The SMILES string of the molecule is O=C(O)Cc1ccc(NC(=O)C2CCC(c3ccccc3)CC2)cc1. The minimum atomic E-state index is -0.855. The molecule has 1 fully saturated rings.